The number of phosphoric ester groups is 1. The minimum atomic E-state index is -4.31. The van der Waals surface area contributed by atoms with Crippen LogP contribution >= 0.6 is 7.82 Å². The smallest absolute Gasteiger partial charge is 0.391 e. The van der Waals surface area contributed by atoms with E-state index in [0.29, 0.717) is 23.9 Å². The van der Waals surface area contributed by atoms with Crippen molar-refractivity contribution >= 4 is 13.7 Å². The van der Waals surface area contributed by atoms with Crippen molar-refractivity contribution < 1.29 is 32.9 Å². The van der Waals surface area contributed by atoms with Crippen LogP contribution in [0.25, 0.3) is 0 Å². The number of carbonyl (C=O) groups is 1. The van der Waals surface area contributed by atoms with E-state index in [4.69, 9.17) is 9.05 Å². The summed E-state index contributed by atoms with van der Waals surface area (Å²) in [4.78, 5) is 23.1. The van der Waals surface area contributed by atoms with E-state index in [0.717, 1.165) is 64.2 Å². The van der Waals surface area contributed by atoms with Gasteiger partial charge in [-0.3, -0.25) is 13.8 Å². The summed E-state index contributed by atoms with van der Waals surface area (Å²) in [6.07, 6.45) is 44.5. The second-order valence-corrected chi connectivity index (χ2v) is 17.9. The number of likely N-dealkylation sites (N-methyl/N-ethyl adjacent to an activating group) is 1. The lowest BCUT2D eigenvalue weighted by Crippen LogP contribution is -2.46. The van der Waals surface area contributed by atoms with Crippen molar-refractivity contribution in [2.24, 2.45) is 0 Å². The van der Waals surface area contributed by atoms with Crippen LogP contribution in [-0.2, 0) is 18.4 Å². The number of rotatable bonds is 40. The van der Waals surface area contributed by atoms with Crippen molar-refractivity contribution in [1.82, 2.24) is 5.32 Å². The normalized spacial score (nSPS) is 14.7. The van der Waals surface area contributed by atoms with E-state index in [9.17, 15) is 19.4 Å². The average molecular weight is 784 g/mol. The summed E-state index contributed by atoms with van der Waals surface area (Å²) in [5.41, 5.74) is 0. The van der Waals surface area contributed by atoms with Crippen LogP contribution in [0.5, 0.6) is 0 Å². The molecule has 54 heavy (non-hydrogen) atoms. The summed E-state index contributed by atoms with van der Waals surface area (Å²) in [5.74, 6) is -0.159. The first kappa shape index (κ1) is 52.7. The van der Waals surface area contributed by atoms with Gasteiger partial charge in [0.2, 0.25) is 5.91 Å². The zero-order chi connectivity index (χ0) is 40.0. The molecule has 0 aliphatic carbocycles. The SMILES string of the molecule is CCCCCCC/C=C\C/C=C\C/C=C\CCCCCCCCC(=O)NC(COP(=O)(O)OCC[N+](C)(C)C)C(O)CCCCCCCCCCCCC. The van der Waals surface area contributed by atoms with Crippen molar-refractivity contribution in [3.05, 3.63) is 36.5 Å². The molecule has 0 bridgehead atoms. The van der Waals surface area contributed by atoms with Gasteiger partial charge < -0.3 is 19.8 Å². The number of allylic oxidation sites excluding steroid dienone is 6. The van der Waals surface area contributed by atoms with Crippen LogP contribution in [0, 0.1) is 0 Å². The van der Waals surface area contributed by atoms with Gasteiger partial charge in [0.1, 0.15) is 13.2 Å². The first-order valence-electron chi connectivity index (χ1n) is 22.4. The lowest BCUT2D eigenvalue weighted by Gasteiger charge is -2.26. The second-order valence-electron chi connectivity index (χ2n) is 16.4. The number of quaternary nitrogens is 1. The van der Waals surface area contributed by atoms with Gasteiger partial charge in [0.25, 0.3) is 0 Å². The van der Waals surface area contributed by atoms with Crippen molar-refractivity contribution in [1.29, 1.82) is 0 Å². The first-order valence-corrected chi connectivity index (χ1v) is 23.8. The number of hydrogen-bond acceptors (Lipinski definition) is 5. The highest BCUT2D eigenvalue weighted by Crippen LogP contribution is 2.43. The summed E-state index contributed by atoms with van der Waals surface area (Å²) >= 11 is 0. The maximum Gasteiger partial charge on any atom is 0.472 e. The van der Waals surface area contributed by atoms with E-state index < -0.39 is 20.0 Å². The quantitative estimate of drug-likeness (QED) is 0.0247. The fourth-order valence-electron chi connectivity index (χ4n) is 6.29. The maximum absolute atomic E-state index is 12.9. The number of nitrogens with zero attached hydrogens (tertiary/aromatic N) is 1. The van der Waals surface area contributed by atoms with Crippen molar-refractivity contribution in [2.75, 3.05) is 40.9 Å². The standard InChI is InChI=1S/C45H87N2O6P/c1-6-8-10-12-14-16-18-19-20-21-22-23-24-25-26-27-29-31-33-35-37-39-45(49)46-43(42-53-54(50,51)52-41-40-47(3,4)5)44(48)38-36-34-32-30-28-17-15-13-11-9-7-2/h18-19,21-22,24-25,43-44,48H,6-17,20,23,26-42H2,1-5H3,(H-,46,49,50,51)/p+1/b19-18-,22-21-,25-24-. The topological polar surface area (TPSA) is 105 Å². The predicted molar refractivity (Wildman–Crippen MR) is 231 cm³/mol. The summed E-state index contributed by atoms with van der Waals surface area (Å²) < 4.78 is 23.6. The van der Waals surface area contributed by atoms with Gasteiger partial charge in [-0.2, -0.15) is 0 Å². The molecular weight excluding hydrogens is 695 g/mol. The van der Waals surface area contributed by atoms with Crippen LogP contribution in [0.3, 0.4) is 0 Å². The third-order valence-corrected chi connectivity index (χ3v) is 10.9. The molecule has 0 aliphatic rings. The van der Waals surface area contributed by atoms with Gasteiger partial charge in [0.05, 0.1) is 39.9 Å². The Morgan fingerprint density at radius 1 is 0.630 bits per heavy atom. The molecule has 1 amide bonds. The van der Waals surface area contributed by atoms with Crippen molar-refractivity contribution in [3.8, 4) is 0 Å². The second kappa shape index (κ2) is 37.3. The summed E-state index contributed by atoms with van der Waals surface area (Å²) in [5, 5.41) is 13.9. The zero-order valence-corrected chi connectivity index (χ0v) is 36.9. The van der Waals surface area contributed by atoms with Gasteiger partial charge in [-0.25, -0.2) is 4.57 Å². The molecule has 0 aromatic heterocycles. The number of carbonyl (C=O) groups excluding carboxylic acids is 1. The molecule has 3 atom stereocenters. The number of unbranched alkanes of at least 4 members (excludes halogenated alkanes) is 21. The molecule has 3 unspecified atom stereocenters. The monoisotopic (exact) mass is 784 g/mol. The molecule has 0 saturated carbocycles. The number of hydrogen-bond donors (Lipinski definition) is 3. The van der Waals surface area contributed by atoms with Gasteiger partial charge in [-0.15, -0.1) is 0 Å². The Kier molecular flexibility index (Phi) is 36.4. The third-order valence-electron chi connectivity index (χ3n) is 9.89. The highest BCUT2D eigenvalue weighted by atomic mass is 31.2. The fourth-order valence-corrected chi connectivity index (χ4v) is 7.02. The lowest BCUT2D eigenvalue weighted by molar-refractivity contribution is -0.870. The highest BCUT2D eigenvalue weighted by Gasteiger charge is 2.28. The van der Waals surface area contributed by atoms with Crippen LogP contribution in [0.15, 0.2) is 36.5 Å². The van der Waals surface area contributed by atoms with E-state index in [1.807, 2.05) is 21.1 Å². The molecule has 3 N–H and O–H groups in total. The van der Waals surface area contributed by atoms with Gasteiger partial charge >= 0.3 is 7.82 Å². The van der Waals surface area contributed by atoms with Crippen molar-refractivity contribution in [3.63, 3.8) is 0 Å². The molecule has 0 fully saturated rings. The molecule has 0 saturated heterocycles. The molecular formula is C45H88N2O6P+. The van der Waals surface area contributed by atoms with E-state index in [2.05, 4.69) is 55.6 Å². The lowest BCUT2D eigenvalue weighted by atomic mass is 10.0. The Labute approximate surface area is 334 Å². The summed E-state index contributed by atoms with van der Waals surface area (Å²) in [6, 6.07) is -0.765. The van der Waals surface area contributed by atoms with Crippen LogP contribution in [0.4, 0.5) is 0 Å². The fraction of sp³-hybridized carbons (Fsp3) is 0.844. The Morgan fingerprint density at radius 3 is 1.54 bits per heavy atom. The maximum atomic E-state index is 12.9. The molecule has 9 heteroatoms. The Hall–Kier alpha value is -1.28. The van der Waals surface area contributed by atoms with Crippen molar-refractivity contribution in [2.45, 2.75) is 206 Å². The molecule has 8 nitrogen and oxygen atoms in total. The molecule has 318 valence electrons. The number of nitrogens with one attached hydrogen (secondary N) is 1. The van der Waals surface area contributed by atoms with Gasteiger partial charge in [0.15, 0.2) is 0 Å². The average Bonchev–Trinajstić information content (AvgIpc) is 3.12. The Balaban J connectivity index is 4.33. The van der Waals surface area contributed by atoms with E-state index >= 15 is 0 Å². The molecule has 0 radical (unpaired) electrons. The van der Waals surface area contributed by atoms with Gasteiger partial charge in [0, 0.05) is 6.42 Å². The largest absolute Gasteiger partial charge is 0.472 e. The first-order chi connectivity index (χ1) is 26.0. The van der Waals surface area contributed by atoms with E-state index in [-0.39, 0.29) is 19.1 Å². The minimum Gasteiger partial charge on any atom is -0.391 e. The number of aliphatic hydroxyl groups excluding tert-OH is 1. The summed E-state index contributed by atoms with van der Waals surface area (Å²) in [6.45, 7) is 4.85. The molecule has 0 aromatic rings. The van der Waals surface area contributed by atoms with E-state index in [1.165, 1.54) is 103 Å². The zero-order valence-electron chi connectivity index (χ0n) is 36.0. The predicted octanol–water partition coefficient (Wildman–Crippen LogP) is 12.3. The van der Waals surface area contributed by atoms with Crippen LogP contribution in [0.2, 0.25) is 0 Å². The number of aliphatic hydroxyl groups is 1. The summed E-state index contributed by atoms with van der Waals surface area (Å²) in [7, 11) is 1.60. The number of phosphoric acid groups is 1. The molecule has 0 aromatic carbocycles. The number of amides is 1. The third kappa shape index (κ3) is 39.0. The van der Waals surface area contributed by atoms with E-state index in [1.54, 1.807) is 0 Å². The van der Waals surface area contributed by atoms with Crippen LogP contribution < -0.4 is 5.32 Å². The van der Waals surface area contributed by atoms with Crippen LogP contribution in [-0.4, -0.2) is 73.4 Å². The molecule has 0 rings (SSSR count). The Morgan fingerprint density at radius 2 is 1.06 bits per heavy atom. The van der Waals surface area contributed by atoms with Crippen LogP contribution in [0.1, 0.15) is 194 Å². The highest BCUT2D eigenvalue weighted by molar-refractivity contribution is 7.47. The van der Waals surface area contributed by atoms with Gasteiger partial charge in [-0.05, 0) is 51.4 Å². The molecule has 0 spiro atoms. The van der Waals surface area contributed by atoms with Gasteiger partial charge in [-0.1, -0.05) is 172 Å². The molecule has 0 heterocycles. The Bertz CT molecular complexity index is 980. The molecule has 0 aliphatic heterocycles. The minimum absolute atomic E-state index is 0.0710.